The van der Waals surface area contributed by atoms with Crippen LogP contribution in [0.4, 0.5) is 0 Å². The van der Waals surface area contributed by atoms with Crippen molar-refractivity contribution < 1.29 is 24.7 Å². The van der Waals surface area contributed by atoms with E-state index in [1.165, 1.54) is 94.8 Å². The van der Waals surface area contributed by atoms with Gasteiger partial charge in [0.1, 0.15) is 0 Å². The van der Waals surface area contributed by atoms with Crippen molar-refractivity contribution in [2.24, 2.45) is 0 Å². The van der Waals surface area contributed by atoms with E-state index in [0.29, 0.717) is 11.8 Å². The summed E-state index contributed by atoms with van der Waals surface area (Å²) in [4.78, 5) is 0. The summed E-state index contributed by atoms with van der Waals surface area (Å²) in [5.74, 6) is 1.03. The number of benzene rings is 5. The van der Waals surface area contributed by atoms with E-state index in [0.717, 1.165) is 0 Å². The summed E-state index contributed by atoms with van der Waals surface area (Å²) in [6.45, 7) is 11.7. The van der Waals surface area contributed by atoms with Crippen molar-refractivity contribution in [2.75, 3.05) is 0 Å². The van der Waals surface area contributed by atoms with Crippen molar-refractivity contribution in [2.45, 2.75) is 52.4 Å². The van der Waals surface area contributed by atoms with Gasteiger partial charge in [0.15, 0.2) is 0 Å². The van der Waals surface area contributed by atoms with Gasteiger partial charge in [-0.1, -0.05) is 0 Å². The summed E-state index contributed by atoms with van der Waals surface area (Å²) in [5, 5.41) is 0. The van der Waals surface area contributed by atoms with Crippen molar-refractivity contribution in [1.29, 1.82) is 0 Å². The molecule has 45 heavy (non-hydrogen) atoms. The van der Waals surface area contributed by atoms with E-state index in [-0.39, 0.29) is 5.92 Å². The first-order valence-electron chi connectivity index (χ1n) is 16.1. The monoisotopic (exact) mass is 659 g/mol. The third-order valence-corrected chi connectivity index (χ3v) is 10.3. The Morgan fingerprint density at radius 2 is 1.02 bits per heavy atom. The Bertz CT molecular complexity index is 1870. The van der Waals surface area contributed by atoms with Crippen molar-refractivity contribution in [3.63, 3.8) is 0 Å². The quantitative estimate of drug-likeness (QED) is 0.115. The molecule has 0 spiro atoms. The molecule has 0 bridgehead atoms. The van der Waals surface area contributed by atoms with Crippen LogP contribution in [-0.2, 0) is 24.7 Å². The Hall–Kier alpha value is -3.80. The van der Waals surface area contributed by atoms with Crippen LogP contribution < -0.4 is 0 Å². The molecular weight excluding hydrogens is 620 g/mol. The summed E-state index contributed by atoms with van der Waals surface area (Å²) in [6.07, 6.45) is 2.48. The zero-order chi connectivity index (χ0) is 31.5. The van der Waals surface area contributed by atoms with Crippen LogP contribution in [0.1, 0.15) is 96.9 Å². The molecule has 0 radical (unpaired) electrons. The molecule has 0 N–H and O–H groups in total. The fourth-order valence-corrected chi connectivity index (χ4v) is 7.83. The second-order valence-electron chi connectivity index (χ2n) is 12.7. The van der Waals surface area contributed by atoms with Gasteiger partial charge >= 0.3 is 287 Å². The second-order valence-corrected chi connectivity index (χ2v) is 14.0. The van der Waals surface area contributed by atoms with E-state index in [2.05, 4.69) is 174 Å². The molecule has 0 saturated heterocycles. The van der Waals surface area contributed by atoms with Crippen LogP contribution >= 0.6 is 0 Å². The average molecular weight is 661 g/mol. The Kier molecular flexibility index (Phi) is 9.48. The minimum atomic E-state index is 0.131. The molecule has 1 aliphatic carbocycles. The van der Waals surface area contributed by atoms with Gasteiger partial charge in [-0.2, -0.15) is 0 Å². The molecule has 0 fully saturated rings. The van der Waals surface area contributed by atoms with Crippen molar-refractivity contribution in [3.05, 3.63) is 184 Å². The molecule has 1 heteroatoms. The molecule has 5 aromatic rings. The van der Waals surface area contributed by atoms with Gasteiger partial charge in [-0.3, -0.25) is 0 Å². The molecule has 0 amide bonds. The molecule has 0 aromatic heterocycles. The van der Waals surface area contributed by atoms with Crippen LogP contribution in [0, 0.1) is 0 Å². The van der Waals surface area contributed by atoms with E-state index in [1.54, 1.807) is 0 Å². The Morgan fingerprint density at radius 3 is 1.51 bits per heavy atom. The predicted octanol–water partition coefficient (Wildman–Crippen LogP) is 12.2. The fraction of sp³-hybridized carbons (Fsp3) is 0.182. The molecule has 0 nitrogen and oxygen atoms in total. The van der Waals surface area contributed by atoms with Crippen molar-refractivity contribution in [1.82, 2.24) is 0 Å². The van der Waals surface area contributed by atoms with E-state index < -0.39 is 0 Å². The fourth-order valence-electron chi connectivity index (χ4n) is 6.76. The van der Waals surface area contributed by atoms with Crippen LogP contribution in [0.5, 0.6) is 0 Å². The van der Waals surface area contributed by atoms with Crippen molar-refractivity contribution >= 4 is 26.1 Å². The molecule has 0 saturated carbocycles. The number of rotatable bonds is 8. The topological polar surface area (TPSA) is 0 Å². The van der Waals surface area contributed by atoms with E-state index in [9.17, 15) is 0 Å². The second kappa shape index (κ2) is 13.7. The zero-order valence-corrected chi connectivity index (χ0v) is 29.5. The molecular formula is C44H41Zr. The standard InChI is InChI=1S/C44H41.Zr/c1-30(2)37-28-38(31(3)4)40-26-32(5)42(41(40)29-37)44(36-24-16-9-17-25-36)43(35-22-14-8-15-23-35)39(34-20-12-7-13-21-34)27-33-18-10-6-11-19-33;/h6-26,28-31,42H,1-5H3;. The van der Waals surface area contributed by atoms with E-state index in [1.807, 2.05) is 0 Å². The van der Waals surface area contributed by atoms with Gasteiger partial charge in [0.05, 0.1) is 0 Å². The van der Waals surface area contributed by atoms with Gasteiger partial charge in [0.2, 0.25) is 0 Å². The molecule has 1 aliphatic rings. The maximum atomic E-state index is 2.51. The Balaban J connectivity index is 1.80. The number of hydrogen-bond donors (Lipinski definition) is 0. The number of hydrogen-bond acceptors (Lipinski definition) is 0. The molecule has 0 aliphatic heterocycles. The first kappa shape index (κ1) is 31.2. The van der Waals surface area contributed by atoms with Gasteiger partial charge in [0.25, 0.3) is 0 Å². The predicted molar refractivity (Wildman–Crippen MR) is 190 cm³/mol. The summed E-state index contributed by atoms with van der Waals surface area (Å²) in [6, 6.07) is 49.2. The molecule has 1 atom stereocenters. The summed E-state index contributed by atoms with van der Waals surface area (Å²) in [5.41, 5.74) is 16.2. The van der Waals surface area contributed by atoms with Gasteiger partial charge in [-0.05, 0) is 0 Å². The Morgan fingerprint density at radius 1 is 0.556 bits per heavy atom. The molecule has 1 unspecified atom stereocenters. The maximum absolute atomic E-state index is 2.51. The third kappa shape index (κ3) is 6.34. The van der Waals surface area contributed by atoms with Crippen molar-refractivity contribution in [3.8, 4) is 0 Å². The first-order valence-corrected chi connectivity index (χ1v) is 17.4. The van der Waals surface area contributed by atoms with Gasteiger partial charge in [-0.25, -0.2) is 0 Å². The summed E-state index contributed by atoms with van der Waals surface area (Å²) < 4.78 is 1.36. The summed E-state index contributed by atoms with van der Waals surface area (Å²) in [7, 11) is 0. The van der Waals surface area contributed by atoms with Crippen LogP contribution in [0.15, 0.2) is 139 Å². The zero-order valence-electron chi connectivity index (χ0n) is 27.0. The summed E-state index contributed by atoms with van der Waals surface area (Å²) >= 11 is 1.39. The minimum absolute atomic E-state index is 0.131. The average Bonchev–Trinajstić information content (AvgIpc) is 3.40. The normalized spacial score (nSPS) is 15.4. The number of allylic oxidation sites excluding steroid dienone is 4. The SMILES string of the molecule is CC1=Cc2c(C(C)C)cc(C(C)C)cc2C1C(=C(C(=[C]([Zr])c1ccccc1)c1ccccc1)c1ccccc1)c1ccccc1. The van der Waals surface area contributed by atoms with E-state index >= 15 is 0 Å². The van der Waals surface area contributed by atoms with Crippen LogP contribution in [0.2, 0.25) is 0 Å². The molecule has 221 valence electrons. The number of fused-ring (bicyclic) bond motifs is 1. The molecule has 6 rings (SSSR count). The van der Waals surface area contributed by atoms with Crippen LogP contribution in [0.25, 0.3) is 26.1 Å². The van der Waals surface area contributed by atoms with Gasteiger partial charge in [-0.15, -0.1) is 0 Å². The first-order chi connectivity index (χ1) is 21.8. The van der Waals surface area contributed by atoms with Crippen LogP contribution in [0.3, 0.4) is 0 Å². The van der Waals surface area contributed by atoms with Gasteiger partial charge in [0, 0.05) is 0 Å². The third-order valence-electron chi connectivity index (χ3n) is 9.02. The molecule has 5 aromatic carbocycles. The van der Waals surface area contributed by atoms with Gasteiger partial charge < -0.3 is 0 Å². The molecule has 0 heterocycles. The Labute approximate surface area is 285 Å². The van der Waals surface area contributed by atoms with E-state index in [4.69, 9.17) is 0 Å². The van der Waals surface area contributed by atoms with Crippen LogP contribution in [-0.4, -0.2) is 0 Å².